The number of halogens is 2. The van der Waals surface area contributed by atoms with Gasteiger partial charge in [0.25, 0.3) is 11.3 Å². The zero-order valence-electron chi connectivity index (χ0n) is 7.68. The second-order valence-electron chi connectivity index (χ2n) is 2.75. The molecule has 0 aliphatic heterocycles. The molecule has 0 fully saturated rings. The molecule has 1 aromatic heterocycles. The highest BCUT2D eigenvalue weighted by atomic mass is 35.5. The summed E-state index contributed by atoms with van der Waals surface area (Å²) in [5.41, 5.74) is -0.593. The van der Waals surface area contributed by atoms with Crippen LogP contribution in [-0.2, 0) is 0 Å². The fraction of sp³-hybridized carbons (Fsp3) is 0. The van der Waals surface area contributed by atoms with Gasteiger partial charge in [0, 0.05) is 0 Å². The molecule has 0 saturated carbocycles. The van der Waals surface area contributed by atoms with E-state index in [1.165, 1.54) is 24.3 Å². The number of nitrogens with zero attached hydrogens (tertiary/aromatic N) is 2. The summed E-state index contributed by atoms with van der Waals surface area (Å²) in [6.45, 7) is 0. The SMILES string of the molecule is O=c1c(Cl)nsnc1Oc1ccc(F)cc1. The van der Waals surface area contributed by atoms with E-state index in [1.807, 2.05) is 0 Å². The number of aromatic nitrogens is 2. The Labute approximate surface area is 98.6 Å². The van der Waals surface area contributed by atoms with Gasteiger partial charge < -0.3 is 4.74 Å². The maximum atomic E-state index is 12.6. The molecule has 2 rings (SSSR count). The van der Waals surface area contributed by atoms with Gasteiger partial charge in [-0.05, 0) is 24.3 Å². The standard InChI is InChI=1S/C9H4ClFN2O2S/c10-8-7(14)9(13-16-12-8)15-6-3-1-5(11)2-4-6/h1-4H. The van der Waals surface area contributed by atoms with Crippen molar-refractivity contribution in [3.63, 3.8) is 0 Å². The topological polar surface area (TPSA) is 52.1 Å². The molecule has 0 aliphatic rings. The average Bonchev–Trinajstić information content (AvgIpc) is 2.28. The first-order chi connectivity index (χ1) is 7.66. The third kappa shape index (κ3) is 2.34. The van der Waals surface area contributed by atoms with E-state index in [9.17, 15) is 9.18 Å². The van der Waals surface area contributed by atoms with Crippen LogP contribution in [0.4, 0.5) is 4.39 Å². The van der Waals surface area contributed by atoms with Crippen LogP contribution in [0.5, 0.6) is 11.6 Å². The summed E-state index contributed by atoms with van der Waals surface area (Å²) in [5.74, 6) is -0.254. The molecule has 16 heavy (non-hydrogen) atoms. The van der Waals surface area contributed by atoms with Gasteiger partial charge in [-0.2, -0.15) is 4.37 Å². The highest BCUT2D eigenvalue weighted by molar-refractivity contribution is 6.99. The van der Waals surface area contributed by atoms with Crippen molar-refractivity contribution in [1.29, 1.82) is 0 Å². The summed E-state index contributed by atoms with van der Waals surface area (Å²) < 4.78 is 25.0. The minimum absolute atomic E-state index is 0.170. The van der Waals surface area contributed by atoms with Crippen molar-refractivity contribution in [2.75, 3.05) is 0 Å². The van der Waals surface area contributed by atoms with E-state index >= 15 is 0 Å². The molecule has 0 radical (unpaired) electrons. The maximum absolute atomic E-state index is 12.6. The molecule has 0 unspecified atom stereocenters. The minimum atomic E-state index is -0.593. The van der Waals surface area contributed by atoms with Gasteiger partial charge in [-0.3, -0.25) is 4.79 Å². The van der Waals surface area contributed by atoms with E-state index in [0.717, 1.165) is 11.7 Å². The highest BCUT2D eigenvalue weighted by Crippen LogP contribution is 2.17. The lowest BCUT2D eigenvalue weighted by atomic mass is 10.3. The second-order valence-corrected chi connectivity index (χ2v) is 3.63. The monoisotopic (exact) mass is 258 g/mol. The largest absolute Gasteiger partial charge is 0.435 e. The number of rotatable bonds is 2. The van der Waals surface area contributed by atoms with Crippen molar-refractivity contribution in [3.05, 3.63) is 45.5 Å². The van der Waals surface area contributed by atoms with E-state index in [2.05, 4.69) is 8.75 Å². The van der Waals surface area contributed by atoms with Crippen LogP contribution in [0.25, 0.3) is 0 Å². The molecule has 0 spiro atoms. The summed E-state index contributed by atoms with van der Waals surface area (Å²) in [5, 5.41) is -0.197. The van der Waals surface area contributed by atoms with Crippen LogP contribution in [-0.4, -0.2) is 8.75 Å². The molecule has 0 atom stereocenters. The summed E-state index contributed by atoms with van der Waals surface area (Å²) in [6.07, 6.45) is 0. The second kappa shape index (κ2) is 4.54. The molecule has 2 aromatic rings. The number of ether oxygens (including phenoxy) is 1. The van der Waals surface area contributed by atoms with Gasteiger partial charge in [0.2, 0.25) is 0 Å². The Bertz CT molecular complexity index is 558. The molecule has 1 heterocycles. The molecule has 0 N–H and O–H groups in total. The van der Waals surface area contributed by atoms with Gasteiger partial charge in [-0.15, -0.1) is 4.37 Å². The van der Waals surface area contributed by atoms with Crippen molar-refractivity contribution >= 4 is 23.3 Å². The smallest absolute Gasteiger partial charge is 0.283 e. The number of hydrogen-bond donors (Lipinski definition) is 0. The van der Waals surface area contributed by atoms with Crippen LogP contribution >= 0.6 is 23.3 Å². The Morgan fingerprint density at radius 2 is 1.94 bits per heavy atom. The van der Waals surface area contributed by atoms with Crippen LogP contribution in [0, 0.1) is 5.82 Å². The van der Waals surface area contributed by atoms with E-state index in [-0.39, 0.29) is 11.0 Å². The minimum Gasteiger partial charge on any atom is -0.435 e. The van der Waals surface area contributed by atoms with Crippen molar-refractivity contribution in [2.24, 2.45) is 0 Å². The molecule has 7 heteroatoms. The van der Waals surface area contributed by atoms with Gasteiger partial charge in [-0.1, -0.05) is 11.6 Å². The highest BCUT2D eigenvalue weighted by Gasteiger charge is 2.08. The van der Waals surface area contributed by atoms with Crippen LogP contribution in [0.2, 0.25) is 5.15 Å². The molecule has 1 aromatic carbocycles. The molecule has 0 amide bonds. The zero-order chi connectivity index (χ0) is 11.5. The van der Waals surface area contributed by atoms with E-state index in [1.54, 1.807) is 0 Å². The first-order valence-electron chi connectivity index (χ1n) is 4.12. The predicted octanol–water partition coefficient (Wildman–Crippen LogP) is 2.48. The lowest BCUT2D eigenvalue weighted by Gasteiger charge is -2.02. The molecular weight excluding hydrogens is 255 g/mol. The summed E-state index contributed by atoms with van der Waals surface area (Å²) in [4.78, 5) is 11.4. The fourth-order valence-corrected chi connectivity index (χ4v) is 1.51. The Morgan fingerprint density at radius 3 is 2.62 bits per heavy atom. The van der Waals surface area contributed by atoms with Crippen molar-refractivity contribution in [1.82, 2.24) is 8.75 Å². The summed E-state index contributed by atoms with van der Waals surface area (Å²) in [6, 6.07) is 5.20. The summed E-state index contributed by atoms with van der Waals surface area (Å²) >= 11 is 6.27. The Balaban J connectivity index is 2.31. The normalized spacial score (nSPS) is 10.1. The summed E-state index contributed by atoms with van der Waals surface area (Å²) in [7, 11) is 0. The third-order valence-electron chi connectivity index (χ3n) is 1.65. The lowest BCUT2D eigenvalue weighted by molar-refractivity contribution is 0.460. The Hall–Kier alpha value is -1.53. The quantitative estimate of drug-likeness (QED) is 0.830. The van der Waals surface area contributed by atoms with E-state index in [0.29, 0.717) is 5.75 Å². The van der Waals surface area contributed by atoms with Crippen LogP contribution < -0.4 is 10.2 Å². The molecule has 82 valence electrons. The van der Waals surface area contributed by atoms with Gasteiger partial charge in [-0.25, -0.2) is 4.39 Å². The third-order valence-corrected chi connectivity index (χ3v) is 2.52. The Morgan fingerprint density at radius 1 is 1.25 bits per heavy atom. The van der Waals surface area contributed by atoms with Gasteiger partial charge >= 0.3 is 0 Å². The Kier molecular flexibility index (Phi) is 3.12. The predicted molar refractivity (Wildman–Crippen MR) is 57.7 cm³/mol. The van der Waals surface area contributed by atoms with E-state index < -0.39 is 11.2 Å². The van der Waals surface area contributed by atoms with E-state index in [4.69, 9.17) is 16.3 Å². The van der Waals surface area contributed by atoms with Crippen LogP contribution in [0.15, 0.2) is 29.1 Å². The first-order valence-corrected chi connectivity index (χ1v) is 5.23. The van der Waals surface area contributed by atoms with Crippen LogP contribution in [0.3, 0.4) is 0 Å². The molecular formula is C9H4ClFN2O2S. The molecule has 4 nitrogen and oxygen atoms in total. The zero-order valence-corrected chi connectivity index (χ0v) is 9.26. The maximum Gasteiger partial charge on any atom is 0.283 e. The fourth-order valence-electron chi connectivity index (χ4n) is 0.944. The van der Waals surface area contributed by atoms with Crippen LogP contribution in [0.1, 0.15) is 0 Å². The average molecular weight is 259 g/mol. The van der Waals surface area contributed by atoms with Crippen molar-refractivity contribution < 1.29 is 9.13 Å². The van der Waals surface area contributed by atoms with Gasteiger partial charge in [0.15, 0.2) is 5.15 Å². The number of hydrogen-bond acceptors (Lipinski definition) is 5. The van der Waals surface area contributed by atoms with Gasteiger partial charge in [0.1, 0.15) is 11.6 Å². The van der Waals surface area contributed by atoms with Gasteiger partial charge in [0.05, 0.1) is 11.7 Å². The first kappa shape index (κ1) is 11.0. The molecule has 0 saturated heterocycles. The lowest BCUT2D eigenvalue weighted by Crippen LogP contribution is -2.07. The van der Waals surface area contributed by atoms with Crippen molar-refractivity contribution in [3.8, 4) is 11.6 Å². The number of benzene rings is 1. The molecule has 0 bridgehead atoms. The van der Waals surface area contributed by atoms with Crippen molar-refractivity contribution in [2.45, 2.75) is 0 Å². The molecule has 0 aliphatic carbocycles.